The number of hydrogen-bond acceptors (Lipinski definition) is 8. The molecule has 0 bridgehead atoms. The van der Waals surface area contributed by atoms with E-state index in [4.69, 9.17) is 9.15 Å². The number of rotatable bonds is 4. The van der Waals surface area contributed by atoms with Gasteiger partial charge in [0, 0.05) is 35.7 Å². The van der Waals surface area contributed by atoms with Crippen LogP contribution in [0.15, 0.2) is 47.7 Å². The molecule has 1 aliphatic carbocycles. The molecule has 9 nitrogen and oxygen atoms in total. The molecule has 1 saturated carbocycles. The molecule has 0 saturated heterocycles. The van der Waals surface area contributed by atoms with E-state index in [1.807, 2.05) is 29.8 Å². The average molecular weight is 447 g/mol. The number of aliphatic hydroxyl groups excluding tert-OH is 2. The quantitative estimate of drug-likeness (QED) is 0.436. The van der Waals surface area contributed by atoms with Crippen molar-refractivity contribution < 1.29 is 19.4 Å². The van der Waals surface area contributed by atoms with Crippen LogP contribution in [-0.4, -0.2) is 54.6 Å². The third-order valence-corrected chi connectivity index (χ3v) is 6.83. The molecule has 2 aliphatic rings. The molecule has 0 radical (unpaired) electrons. The Balaban J connectivity index is 1.33. The number of hydrogen-bond donors (Lipinski definition) is 3. The number of aryl methyl sites for hydroxylation is 1. The van der Waals surface area contributed by atoms with Gasteiger partial charge in [0.1, 0.15) is 36.0 Å². The molecule has 1 aliphatic heterocycles. The largest absolute Gasteiger partial charge is 0.487 e. The van der Waals surface area contributed by atoms with E-state index in [0.717, 1.165) is 40.8 Å². The van der Waals surface area contributed by atoms with Crippen LogP contribution in [0.2, 0.25) is 0 Å². The van der Waals surface area contributed by atoms with Gasteiger partial charge >= 0.3 is 0 Å². The van der Waals surface area contributed by atoms with Crippen molar-refractivity contribution in [3.63, 3.8) is 0 Å². The molecule has 0 spiro atoms. The zero-order chi connectivity index (χ0) is 22.5. The number of nitrogens with one attached hydrogen (secondary N) is 1. The standard InChI is InChI=1S/C24H25N5O4/c1-13-16-3-5-29(24(16)28-11-27-13)18-8-20(23(31)22(18)30)33-19-7-15(21-10-26-12-32-21)6-14-2-4-25-9-17(14)19/h3,5-7,10-12,18,20,22-23,25,30-31H,2,4,8-9H2,1H3. The Kier molecular flexibility index (Phi) is 4.90. The third-order valence-electron chi connectivity index (χ3n) is 6.83. The molecule has 170 valence electrons. The van der Waals surface area contributed by atoms with Crippen LogP contribution in [0.4, 0.5) is 0 Å². The van der Waals surface area contributed by atoms with Crippen molar-refractivity contribution in [2.24, 2.45) is 0 Å². The highest BCUT2D eigenvalue weighted by Crippen LogP contribution is 2.39. The smallest absolute Gasteiger partial charge is 0.181 e. The summed E-state index contributed by atoms with van der Waals surface area (Å²) in [6, 6.07) is 5.63. The second-order valence-corrected chi connectivity index (χ2v) is 8.76. The first-order valence-electron chi connectivity index (χ1n) is 11.2. The van der Waals surface area contributed by atoms with Gasteiger partial charge in [-0.05, 0) is 43.7 Å². The molecule has 4 unspecified atom stereocenters. The van der Waals surface area contributed by atoms with Crippen molar-refractivity contribution in [2.45, 2.75) is 50.7 Å². The Labute approximate surface area is 190 Å². The highest BCUT2D eigenvalue weighted by molar-refractivity contribution is 5.78. The van der Waals surface area contributed by atoms with Crippen LogP contribution in [-0.2, 0) is 13.0 Å². The van der Waals surface area contributed by atoms with Crippen molar-refractivity contribution >= 4 is 11.0 Å². The molecule has 9 heteroatoms. The normalized spacial score (nSPS) is 24.8. The van der Waals surface area contributed by atoms with Gasteiger partial charge in [-0.3, -0.25) is 0 Å². The molecule has 0 amide bonds. The Morgan fingerprint density at radius 3 is 2.97 bits per heavy atom. The van der Waals surface area contributed by atoms with E-state index >= 15 is 0 Å². The van der Waals surface area contributed by atoms with Crippen LogP contribution < -0.4 is 10.1 Å². The number of fused-ring (bicyclic) bond motifs is 2. The van der Waals surface area contributed by atoms with Crippen LogP contribution >= 0.6 is 0 Å². The molecule has 1 aromatic carbocycles. The van der Waals surface area contributed by atoms with Crippen LogP contribution in [0.1, 0.15) is 29.3 Å². The van der Waals surface area contributed by atoms with Gasteiger partial charge in [-0.15, -0.1) is 0 Å². The number of aromatic nitrogens is 4. The van der Waals surface area contributed by atoms with E-state index in [1.165, 1.54) is 18.3 Å². The van der Waals surface area contributed by atoms with Crippen molar-refractivity contribution in [1.82, 2.24) is 24.8 Å². The van der Waals surface area contributed by atoms with Gasteiger partial charge in [0.2, 0.25) is 0 Å². The number of nitrogens with zero attached hydrogens (tertiary/aromatic N) is 4. The van der Waals surface area contributed by atoms with Gasteiger partial charge in [-0.1, -0.05) is 0 Å². The summed E-state index contributed by atoms with van der Waals surface area (Å²) >= 11 is 0. The van der Waals surface area contributed by atoms with Crippen molar-refractivity contribution in [1.29, 1.82) is 0 Å². The van der Waals surface area contributed by atoms with E-state index in [-0.39, 0.29) is 6.04 Å². The minimum absolute atomic E-state index is 0.358. The molecule has 33 heavy (non-hydrogen) atoms. The summed E-state index contributed by atoms with van der Waals surface area (Å²) in [5.74, 6) is 1.36. The van der Waals surface area contributed by atoms with Gasteiger partial charge in [-0.2, -0.15) is 0 Å². The molecular weight excluding hydrogens is 422 g/mol. The zero-order valence-corrected chi connectivity index (χ0v) is 18.2. The SMILES string of the molecule is Cc1ncnc2c1ccn2C1CC(Oc2cc(-c3cnco3)cc3c2CNCC3)C(O)C1O. The lowest BCUT2D eigenvalue weighted by molar-refractivity contribution is -0.0166. The fourth-order valence-electron chi connectivity index (χ4n) is 5.06. The number of benzene rings is 1. The first-order valence-corrected chi connectivity index (χ1v) is 11.2. The lowest BCUT2D eigenvalue weighted by Gasteiger charge is -2.25. The first kappa shape index (κ1) is 20.3. The van der Waals surface area contributed by atoms with E-state index in [0.29, 0.717) is 24.5 Å². The fourth-order valence-corrected chi connectivity index (χ4v) is 5.06. The molecule has 4 atom stereocenters. The molecule has 4 heterocycles. The lowest BCUT2D eigenvalue weighted by Crippen LogP contribution is -2.34. The summed E-state index contributed by atoms with van der Waals surface area (Å²) < 4.78 is 13.8. The second-order valence-electron chi connectivity index (χ2n) is 8.76. The predicted octanol–water partition coefficient (Wildman–Crippen LogP) is 2.15. The van der Waals surface area contributed by atoms with E-state index in [2.05, 4.69) is 26.3 Å². The maximum Gasteiger partial charge on any atom is 0.181 e. The summed E-state index contributed by atoms with van der Waals surface area (Å²) in [6.07, 6.45) is 5.25. The molecular formula is C24H25N5O4. The lowest BCUT2D eigenvalue weighted by atomic mass is 9.96. The number of aliphatic hydroxyl groups is 2. The van der Waals surface area contributed by atoms with Gasteiger partial charge in [0.25, 0.3) is 0 Å². The predicted molar refractivity (Wildman–Crippen MR) is 120 cm³/mol. The van der Waals surface area contributed by atoms with E-state index in [1.54, 1.807) is 6.20 Å². The zero-order valence-electron chi connectivity index (χ0n) is 18.2. The van der Waals surface area contributed by atoms with Crippen LogP contribution in [0, 0.1) is 6.92 Å². The molecule has 4 aromatic rings. The Morgan fingerprint density at radius 2 is 2.12 bits per heavy atom. The topological polar surface area (TPSA) is 118 Å². The number of ether oxygens (including phenoxy) is 1. The summed E-state index contributed by atoms with van der Waals surface area (Å²) in [6.45, 7) is 3.51. The van der Waals surface area contributed by atoms with Crippen molar-refractivity contribution in [3.05, 3.63) is 60.1 Å². The Hall–Kier alpha value is -3.27. The molecule has 1 fully saturated rings. The molecule has 3 N–H and O–H groups in total. The Morgan fingerprint density at radius 1 is 1.21 bits per heavy atom. The van der Waals surface area contributed by atoms with Gasteiger partial charge in [0.05, 0.1) is 17.9 Å². The van der Waals surface area contributed by atoms with Gasteiger partial charge in [0.15, 0.2) is 12.2 Å². The maximum absolute atomic E-state index is 10.9. The van der Waals surface area contributed by atoms with Gasteiger partial charge in [-0.25, -0.2) is 15.0 Å². The minimum atomic E-state index is -1.03. The molecule has 6 rings (SSSR count). The summed E-state index contributed by atoms with van der Waals surface area (Å²) in [5.41, 5.74) is 4.77. The fraction of sp³-hybridized carbons (Fsp3) is 0.375. The van der Waals surface area contributed by atoms with Crippen LogP contribution in [0.25, 0.3) is 22.4 Å². The Bertz CT molecular complexity index is 1300. The minimum Gasteiger partial charge on any atom is -0.487 e. The highest BCUT2D eigenvalue weighted by Gasteiger charge is 2.44. The highest BCUT2D eigenvalue weighted by atomic mass is 16.5. The van der Waals surface area contributed by atoms with Crippen molar-refractivity contribution in [2.75, 3.05) is 6.54 Å². The third kappa shape index (κ3) is 3.40. The van der Waals surface area contributed by atoms with E-state index in [9.17, 15) is 10.2 Å². The second kappa shape index (κ2) is 7.95. The summed E-state index contributed by atoms with van der Waals surface area (Å²) in [7, 11) is 0. The van der Waals surface area contributed by atoms with Crippen molar-refractivity contribution in [3.8, 4) is 17.1 Å². The monoisotopic (exact) mass is 447 g/mol. The number of oxazole rings is 1. The van der Waals surface area contributed by atoms with Crippen LogP contribution in [0.3, 0.4) is 0 Å². The van der Waals surface area contributed by atoms with Gasteiger partial charge < -0.3 is 29.3 Å². The molecule has 3 aromatic heterocycles. The van der Waals surface area contributed by atoms with Crippen LogP contribution in [0.5, 0.6) is 5.75 Å². The average Bonchev–Trinajstić information content (AvgIpc) is 3.56. The first-order chi connectivity index (χ1) is 16.1. The van der Waals surface area contributed by atoms with E-state index < -0.39 is 18.3 Å². The summed E-state index contributed by atoms with van der Waals surface area (Å²) in [4.78, 5) is 12.7. The maximum atomic E-state index is 10.9. The summed E-state index contributed by atoms with van der Waals surface area (Å²) in [5, 5.41) is 26.2.